The first-order chi connectivity index (χ1) is 18.5. The Morgan fingerprint density at radius 2 is 1.79 bits per heavy atom. The largest absolute Gasteiger partial charge is 0.471 e. The molecule has 2 aromatic heterocycles. The van der Waals surface area contributed by atoms with Gasteiger partial charge in [0, 0.05) is 24.0 Å². The molecule has 5 rings (SSSR count). The first-order valence-electron chi connectivity index (χ1n) is 12.5. The molecule has 1 aromatic carbocycles. The number of nitrogens with zero attached hydrogens (tertiary/aromatic N) is 4. The number of nitrogens with one attached hydrogen (secondary N) is 2. The molecule has 2 N–H and O–H groups in total. The van der Waals surface area contributed by atoms with E-state index in [4.69, 9.17) is 0 Å². The van der Waals surface area contributed by atoms with Crippen LogP contribution in [0, 0.1) is 18.6 Å². The zero-order valence-corrected chi connectivity index (χ0v) is 21.6. The number of halogens is 5. The van der Waals surface area contributed by atoms with Gasteiger partial charge < -0.3 is 15.5 Å². The molecule has 2 amide bonds. The summed E-state index contributed by atoms with van der Waals surface area (Å²) in [5, 5.41) is 9.39. The summed E-state index contributed by atoms with van der Waals surface area (Å²) < 4.78 is 68.5. The molecule has 3 heterocycles. The molecule has 1 atom stereocenters. The van der Waals surface area contributed by atoms with Crippen LogP contribution in [0.1, 0.15) is 53.5 Å². The fourth-order valence-electron chi connectivity index (χ4n) is 4.66. The Morgan fingerprint density at radius 3 is 2.46 bits per heavy atom. The molecule has 8 nitrogen and oxygen atoms in total. The molecule has 1 saturated heterocycles. The van der Waals surface area contributed by atoms with Crippen LogP contribution in [0.3, 0.4) is 0 Å². The smallest absolute Gasteiger partial charge is 0.355 e. The number of anilines is 2. The summed E-state index contributed by atoms with van der Waals surface area (Å²) in [6.07, 6.45) is -0.433. The van der Waals surface area contributed by atoms with Crippen molar-refractivity contribution in [3.05, 3.63) is 46.6 Å². The van der Waals surface area contributed by atoms with Gasteiger partial charge in [-0.2, -0.15) is 18.3 Å². The molecule has 208 valence electrons. The summed E-state index contributed by atoms with van der Waals surface area (Å²) in [5.74, 6) is -3.47. The number of aromatic nitrogens is 3. The molecule has 3 aromatic rings. The second kappa shape index (κ2) is 10.5. The lowest BCUT2D eigenvalue weighted by Crippen LogP contribution is -2.43. The Bertz CT molecular complexity index is 1380. The van der Waals surface area contributed by atoms with E-state index in [-0.39, 0.29) is 28.7 Å². The van der Waals surface area contributed by atoms with Crippen LogP contribution in [0.15, 0.2) is 24.4 Å². The number of aryl methyl sites for hydroxylation is 1. The van der Waals surface area contributed by atoms with Crippen LogP contribution in [0.4, 0.5) is 33.5 Å². The third-order valence-corrected chi connectivity index (χ3v) is 7.71. The lowest BCUT2D eigenvalue weighted by molar-refractivity contribution is -0.174. The molecule has 1 aliphatic heterocycles. The first kappa shape index (κ1) is 27.0. The van der Waals surface area contributed by atoms with Crippen LogP contribution in [0.5, 0.6) is 0 Å². The maximum absolute atomic E-state index is 14.3. The minimum absolute atomic E-state index is 0.0218. The highest BCUT2D eigenvalue weighted by atomic mass is 32.1. The first-order valence-corrected chi connectivity index (χ1v) is 13.3. The number of benzene rings is 1. The predicted octanol–water partition coefficient (Wildman–Crippen LogP) is 5.22. The molecule has 0 unspecified atom stereocenters. The average Bonchev–Trinajstić information content (AvgIpc) is 3.58. The zero-order chi connectivity index (χ0) is 27.9. The Balaban J connectivity index is 1.36. The SMILES string of the molecule is Cc1sc(-c2c(F)cccc2F)nc1C(=O)Nc1cnn(C2CC2)c1N1CCC[C@@H](NC(=O)C(F)(F)F)CC1. The maximum Gasteiger partial charge on any atom is 0.471 e. The van der Waals surface area contributed by atoms with Gasteiger partial charge in [-0.15, -0.1) is 11.3 Å². The molecule has 14 heteroatoms. The van der Waals surface area contributed by atoms with E-state index in [2.05, 4.69) is 20.7 Å². The van der Waals surface area contributed by atoms with Crippen molar-refractivity contribution >= 4 is 34.7 Å². The highest BCUT2D eigenvalue weighted by Gasteiger charge is 2.40. The number of rotatable bonds is 6. The van der Waals surface area contributed by atoms with Gasteiger partial charge in [0.15, 0.2) is 5.82 Å². The van der Waals surface area contributed by atoms with Gasteiger partial charge in [0.25, 0.3) is 5.91 Å². The van der Waals surface area contributed by atoms with E-state index in [1.54, 1.807) is 11.6 Å². The molecule has 1 aliphatic carbocycles. The van der Waals surface area contributed by atoms with E-state index in [0.717, 1.165) is 36.3 Å². The van der Waals surface area contributed by atoms with Crippen molar-refractivity contribution < 1.29 is 31.5 Å². The standard InChI is InChI=1S/C25H25F5N6O2S/c1-13-20(34-22(39-13)19-16(26)5-2-6-17(19)27)21(37)33-18-12-31-36(15-7-8-15)23(18)35-10-3-4-14(9-11-35)32-24(38)25(28,29)30/h2,5-6,12,14-15H,3-4,7-11H2,1H3,(H,32,38)(H,33,37)/t14-/m1/s1. The maximum atomic E-state index is 14.3. The van der Waals surface area contributed by atoms with Gasteiger partial charge in [-0.05, 0) is 51.2 Å². The van der Waals surface area contributed by atoms with Crippen LogP contribution in [0.25, 0.3) is 10.6 Å². The van der Waals surface area contributed by atoms with Gasteiger partial charge in [0.05, 0.1) is 17.8 Å². The zero-order valence-electron chi connectivity index (χ0n) is 20.8. The Labute approximate surface area is 224 Å². The van der Waals surface area contributed by atoms with E-state index in [9.17, 15) is 31.5 Å². The third-order valence-electron chi connectivity index (χ3n) is 6.72. The number of carbonyl (C=O) groups excluding carboxylic acids is 2. The summed E-state index contributed by atoms with van der Waals surface area (Å²) in [7, 11) is 0. The second-order valence-electron chi connectivity index (χ2n) is 9.62. The van der Waals surface area contributed by atoms with E-state index < -0.39 is 35.7 Å². The van der Waals surface area contributed by atoms with Crippen LogP contribution in [0.2, 0.25) is 0 Å². The summed E-state index contributed by atoms with van der Waals surface area (Å²) in [4.78, 5) is 31.3. The molecular formula is C25H25F5N6O2S. The van der Waals surface area contributed by atoms with Crippen molar-refractivity contribution in [1.29, 1.82) is 0 Å². The highest BCUT2D eigenvalue weighted by Crippen LogP contribution is 2.41. The highest BCUT2D eigenvalue weighted by molar-refractivity contribution is 7.15. The normalized spacial score (nSPS) is 18.1. The van der Waals surface area contributed by atoms with Crippen LogP contribution in [-0.4, -0.2) is 51.9 Å². The number of amides is 2. The Morgan fingerprint density at radius 1 is 1.08 bits per heavy atom. The van der Waals surface area contributed by atoms with Gasteiger partial charge in [-0.1, -0.05) is 6.07 Å². The number of carbonyl (C=O) groups is 2. The fraction of sp³-hybridized carbons (Fsp3) is 0.440. The van der Waals surface area contributed by atoms with E-state index >= 15 is 0 Å². The summed E-state index contributed by atoms with van der Waals surface area (Å²) >= 11 is 0.999. The monoisotopic (exact) mass is 568 g/mol. The van der Waals surface area contributed by atoms with Gasteiger partial charge in [-0.25, -0.2) is 18.4 Å². The van der Waals surface area contributed by atoms with Crippen LogP contribution < -0.4 is 15.5 Å². The summed E-state index contributed by atoms with van der Waals surface area (Å²) in [6, 6.07) is 3.00. The summed E-state index contributed by atoms with van der Waals surface area (Å²) in [6.45, 7) is 2.47. The van der Waals surface area contributed by atoms with Gasteiger partial charge in [0.1, 0.15) is 28.0 Å². The number of hydrogen-bond acceptors (Lipinski definition) is 6. The Hall–Kier alpha value is -3.55. The Kier molecular flexibility index (Phi) is 7.31. The van der Waals surface area contributed by atoms with E-state index in [1.807, 2.05) is 4.90 Å². The van der Waals surface area contributed by atoms with Gasteiger partial charge in [0.2, 0.25) is 0 Å². The van der Waals surface area contributed by atoms with Crippen LogP contribution >= 0.6 is 11.3 Å². The van der Waals surface area contributed by atoms with Crippen molar-refractivity contribution in [3.63, 3.8) is 0 Å². The lowest BCUT2D eigenvalue weighted by atomic mass is 10.1. The van der Waals surface area contributed by atoms with Crippen molar-refractivity contribution in [2.45, 2.75) is 57.3 Å². The molecule has 2 fully saturated rings. The number of thiazole rings is 1. The topological polar surface area (TPSA) is 92.2 Å². The molecule has 0 spiro atoms. The van der Waals surface area contributed by atoms with E-state index in [0.29, 0.717) is 42.3 Å². The molecular weight excluding hydrogens is 543 g/mol. The van der Waals surface area contributed by atoms with Crippen molar-refractivity contribution in [2.75, 3.05) is 23.3 Å². The number of hydrogen-bond donors (Lipinski definition) is 2. The predicted molar refractivity (Wildman–Crippen MR) is 135 cm³/mol. The average molecular weight is 569 g/mol. The van der Waals surface area contributed by atoms with Gasteiger partial charge in [-0.3, -0.25) is 9.59 Å². The molecule has 0 bridgehead atoms. The number of alkyl halides is 3. The minimum Gasteiger partial charge on any atom is -0.355 e. The fourth-order valence-corrected chi connectivity index (χ4v) is 5.62. The minimum atomic E-state index is -4.94. The molecule has 0 radical (unpaired) electrons. The lowest BCUT2D eigenvalue weighted by Gasteiger charge is -2.25. The van der Waals surface area contributed by atoms with E-state index in [1.165, 1.54) is 12.3 Å². The molecule has 2 aliphatic rings. The van der Waals surface area contributed by atoms with Crippen LogP contribution in [-0.2, 0) is 4.79 Å². The van der Waals surface area contributed by atoms with Gasteiger partial charge >= 0.3 is 12.1 Å². The quantitative estimate of drug-likeness (QED) is 0.398. The van der Waals surface area contributed by atoms with Crippen molar-refractivity contribution in [1.82, 2.24) is 20.1 Å². The summed E-state index contributed by atoms with van der Waals surface area (Å²) in [5.41, 5.74) is 0.118. The van der Waals surface area contributed by atoms with Crippen molar-refractivity contribution in [2.24, 2.45) is 0 Å². The molecule has 1 saturated carbocycles. The molecule has 39 heavy (non-hydrogen) atoms. The third kappa shape index (κ3) is 5.75. The second-order valence-corrected chi connectivity index (χ2v) is 10.8. The van der Waals surface area contributed by atoms with Crippen molar-refractivity contribution in [3.8, 4) is 10.6 Å².